The highest BCUT2D eigenvalue weighted by atomic mass is 16.4. The van der Waals surface area contributed by atoms with Crippen molar-refractivity contribution >= 4 is 12.0 Å². The Bertz CT molecular complexity index is 375. The molecule has 20 heavy (non-hydrogen) atoms. The van der Waals surface area contributed by atoms with Gasteiger partial charge in [0, 0.05) is 19.1 Å². The number of rotatable bonds is 3. The van der Waals surface area contributed by atoms with Gasteiger partial charge in [0.1, 0.15) is 6.04 Å². The van der Waals surface area contributed by atoms with Crippen LogP contribution in [0.25, 0.3) is 0 Å². The van der Waals surface area contributed by atoms with E-state index in [1.54, 1.807) is 0 Å². The Kier molecular flexibility index (Phi) is 4.86. The summed E-state index contributed by atoms with van der Waals surface area (Å²) < 4.78 is 0. The third-order valence-electron chi connectivity index (χ3n) is 4.57. The van der Waals surface area contributed by atoms with E-state index in [0.717, 1.165) is 25.8 Å². The summed E-state index contributed by atoms with van der Waals surface area (Å²) in [4.78, 5) is 27.2. The van der Waals surface area contributed by atoms with Crippen LogP contribution < -0.4 is 5.32 Å². The molecule has 0 radical (unpaired) electrons. The highest BCUT2D eigenvalue weighted by Crippen LogP contribution is 2.23. The van der Waals surface area contributed by atoms with Gasteiger partial charge >= 0.3 is 12.0 Å². The maximum atomic E-state index is 12.2. The van der Waals surface area contributed by atoms with Gasteiger partial charge in [0.2, 0.25) is 0 Å². The molecule has 2 rings (SSSR count). The van der Waals surface area contributed by atoms with Gasteiger partial charge < -0.3 is 20.2 Å². The monoisotopic (exact) mass is 283 g/mol. The summed E-state index contributed by atoms with van der Waals surface area (Å²) in [5, 5.41) is 12.2. The van der Waals surface area contributed by atoms with E-state index < -0.39 is 12.0 Å². The first kappa shape index (κ1) is 15.1. The van der Waals surface area contributed by atoms with Gasteiger partial charge in [0.25, 0.3) is 0 Å². The van der Waals surface area contributed by atoms with Crippen LogP contribution in [-0.4, -0.2) is 65.7 Å². The van der Waals surface area contributed by atoms with Crippen molar-refractivity contribution in [3.05, 3.63) is 0 Å². The Hall–Kier alpha value is -1.30. The number of piperidine rings is 1. The number of carbonyl (C=O) groups excluding carboxylic acids is 1. The predicted octanol–water partition coefficient (Wildman–Crippen LogP) is 0.975. The maximum absolute atomic E-state index is 12.2. The van der Waals surface area contributed by atoms with E-state index in [-0.39, 0.29) is 6.03 Å². The molecular weight excluding hydrogens is 258 g/mol. The van der Waals surface area contributed by atoms with E-state index in [4.69, 9.17) is 0 Å². The molecule has 3 unspecified atom stereocenters. The summed E-state index contributed by atoms with van der Waals surface area (Å²) >= 11 is 0. The zero-order valence-corrected chi connectivity index (χ0v) is 12.3. The largest absolute Gasteiger partial charge is 0.480 e. The van der Waals surface area contributed by atoms with E-state index >= 15 is 0 Å². The minimum Gasteiger partial charge on any atom is -0.480 e. The lowest BCUT2D eigenvalue weighted by Gasteiger charge is -2.36. The van der Waals surface area contributed by atoms with Crippen molar-refractivity contribution in [1.82, 2.24) is 15.1 Å². The van der Waals surface area contributed by atoms with Crippen molar-refractivity contribution in [2.75, 3.05) is 26.7 Å². The number of carboxylic acids is 1. The first-order valence-corrected chi connectivity index (χ1v) is 7.46. The van der Waals surface area contributed by atoms with Crippen molar-refractivity contribution in [3.63, 3.8) is 0 Å². The molecule has 0 spiro atoms. The van der Waals surface area contributed by atoms with Crippen LogP contribution in [0.3, 0.4) is 0 Å². The van der Waals surface area contributed by atoms with E-state index in [0.29, 0.717) is 31.5 Å². The molecule has 0 aromatic rings. The van der Waals surface area contributed by atoms with Gasteiger partial charge in [-0.1, -0.05) is 6.92 Å². The molecule has 0 aliphatic carbocycles. The molecule has 0 bridgehead atoms. The average molecular weight is 283 g/mol. The number of amides is 2. The Morgan fingerprint density at radius 3 is 2.65 bits per heavy atom. The Balaban J connectivity index is 1.88. The maximum Gasteiger partial charge on any atom is 0.326 e. The number of carbonyl (C=O) groups is 2. The number of likely N-dealkylation sites (tertiary alicyclic amines) is 2. The predicted molar refractivity (Wildman–Crippen MR) is 75.6 cm³/mol. The SMILES string of the molecule is CC1CCN(C(=O)NCC2CCCN2C)C(C(=O)O)C1. The number of hydrogen-bond acceptors (Lipinski definition) is 3. The first-order chi connectivity index (χ1) is 9.49. The number of likely N-dealkylation sites (N-methyl/N-ethyl adjacent to an activating group) is 1. The van der Waals surface area contributed by atoms with Gasteiger partial charge in [-0.3, -0.25) is 0 Å². The molecule has 2 saturated heterocycles. The lowest BCUT2D eigenvalue weighted by atomic mass is 9.93. The van der Waals surface area contributed by atoms with E-state index in [1.807, 2.05) is 6.92 Å². The van der Waals surface area contributed by atoms with Gasteiger partial charge in [0.05, 0.1) is 0 Å². The molecular formula is C14H25N3O3. The summed E-state index contributed by atoms with van der Waals surface area (Å²) in [6, 6.07) is -0.532. The van der Waals surface area contributed by atoms with Gasteiger partial charge in [-0.25, -0.2) is 9.59 Å². The van der Waals surface area contributed by atoms with Crippen molar-refractivity contribution in [2.24, 2.45) is 5.92 Å². The number of aliphatic carboxylic acids is 1. The summed E-state index contributed by atoms with van der Waals surface area (Å²) in [6.07, 6.45) is 3.68. The molecule has 2 heterocycles. The summed E-state index contributed by atoms with van der Waals surface area (Å²) in [6.45, 7) is 4.25. The fourth-order valence-electron chi connectivity index (χ4n) is 3.16. The molecule has 3 atom stereocenters. The topological polar surface area (TPSA) is 72.9 Å². The standard InChI is InChI=1S/C14H25N3O3/c1-10-5-7-17(12(8-10)13(18)19)14(20)15-9-11-4-3-6-16(11)2/h10-12H,3-9H2,1-2H3,(H,15,20)(H,18,19). The van der Waals surface area contributed by atoms with Crippen LogP contribution in [0.2, 0.25) is 0 Å². The van der Waals surface area contributed by atoms with Crippen molar-refractivity contribution in [2.45, 2.75) is 44.7 Å². The number of hydrogen-bond donors (Lipinski definition) is 2. The highest BCUT2D eigenvalue weighted by Gasteiger charge is 2.35. The molecule has 6 heteroatoms. The van der Waals surface area contributed by atoms with Crippen LogP contribution in [0, 0.1) is 5.92 Å². The number of urea groups is 1. The second-order valence-electron chi connectivity index (χ2n) is 6.14. The lowest BCUT2D eigenvalue weighted by molar-refractivity contribution is -0.143. The molecule has 0 saturated carbocycles. The average Bonchev–Trinajstić information content (AvgIpc) is 2.81. The van der Waals surface area contributed by atoms with Gasteiger partial charge in [-0.15, -0.1) is 0 Å². The fourth-order valence-corrected chi connectivity index (χ4v) is 3.16. The van der Waals surface area contributed by atoms with Crippen LogP contribution in [0.1, 0.15) is 32.6 Å². The lowest BCUT2D eigenvalue weighted by Crippen LogP contribution is -2.54. The van der Waals surface area contributed by atoms with Gasteiger partial charge in [-0.2, -0.15) is 0 Å². The molecule has 6 nitrogen and oxygen atoms in total. The highest BCUT2D eigenvalue weighted by molar-refractivity contribution is 5.82. The van der Waals surface area contributed by atoms with Crippen molar-refractivity contribution < 1.29 is 14.7 Å². The third kappa shape index (κ3) is 3.42. The number of nitrogens with zero attached hydrogens (tertiary/aromatic N) is 2. The molecule has 2 fully saturated rings. The third-order valence-corrected chi connectivity index (χ3v) is 4.57. The van der Waals surface area contributed by atoms with Crippen molar-refractivity contribution in [3.8, 4) is 0 Å². The van der Waals surface area contributed by atoms with Crippen LogP contribution >= 0.6 is 0 Å². The minimum atomic E-state index is -0.898. The second-order valence-corrected chi connectivity index (χ2v) is 6.14. The van der Waals surface area contributed by atoms with Crippen LogP contribution in [0.15, 0.2) is 0 Å². The van der Waals surface area contributed by atoms with Crippen LogP contribution in [0.4, 0.5) is 4.79 Å². The number of nitrogens with one attached hydrogen (secondary N) is 1. The zero-order chi connectivity index (χ0) is 14.7. The zero-order valence-electron chi connectivity index (χ0n) is 12.3. The Morgan fingerprint density at radius 1 is 1.30 bits per heavy atom. The van der Waals surface area contributed by atoms with Gasteiger partial charge in [-0.05, 0) is 45.2 Å². The summed E-state index contributed by atoms with van der Waals surface area (Å²) in [5.74, 6) is -0.536. The van der Waals surface area contributed by atoms with Gasteiger partial charge in [0.15, 0.2) is 0 Å². The summed E-state index contributed by atoms with van der Waals surface area (Å²) in [7, 11) is 2.06. The Labute approximate surface area is 120 Å². The van der Waals surface area contributed by atoms with E-state index in [9.17, 15) is 14.7 Å². The molecule has 2 N–H and O–H groups in total. The van der Waals surface area contributed by atoms with Crippen LogP contribution in [-0.2, 0) is 4.79 Å². The second kappa shape index (κ2) is 6.43. The Morgan fingerprint density at radius 2 is 2.05 bits per heavy atom. The molecule has 2 amide bonds. The number of carboxylic acid groups (broad SMARTS) is 1. The van der Waals surface area contributed by atoms with Crippen molar-refractivity contribution in [1.29, 1.82) is 0 Å². The van der Waals surface area contributed by atoms with E-state index in [2.05, 4.69) is 17.3 Å². The normalized spacial score (nSPS) is 31.3. The molecule has 0 aromatic heterocycles. The van der Waals surface area contributed by atoms with Crippen LogP contribution in [0.5, 0.6) is 0 Å². The quantitative estimate of drug-likeness (QED) is 0.809. The fraction of sp³-hybridized carbons (Fsp3) is 0.857. The van der Waals surface area contributed by atoms with E-state index in [1.165, 1.54) is 4.90 Å². The molecule has 0 aromatic carbocycles. The first-order valence-electron chi connectivity index (χ1n) is 7.46. The molecule has 114 valence electrons. The minimum absolute atomic E-state index is 0.232. The molecule has 2 aliphatic rings. The summed E-state index contributed by atoms with van der Waals surface area (Å²) in [5.41, 5.74) is 0. The molecule has 2 aliphatic heterocycles. The smallest absolute Gasteiger partial charge is 0.326 e.